The number of carbonyl (C=O) groups excluding carboxylic acids is 1. The molecule has 5 nitrogen and oxygen atoms in total. The molecule has 0 aliphatic rings. The molecule has 1 atom stereocenters. The summed E-state index contributed by atoms with van der Waals surface area (Å²) in [5.74, 6) is 0.978. The normalized spacial score (nSPS) is 11.6. The van der Waals surface area contributed by atoms with Crippen LogP contribution in [-0.2, 0) is 10.8 Å². The minimum Gasteiger partial charge on any atom is -0.494 e. The Hall–Kier alpha value is -2.34. The fourth-order valence-electron chi connectivity index (χ4n) is 2.14. The second-order valence-corrected chi connectivity index (χ2v) is 6.34. The Morgan fingerprint density at radius 3 is 2.29 bits per heavy atom. The van der Waals surface area contributed by atoms with Crippen LogP contribution in [0.2, 0.25) is 0 Å². The van der Waals surface area contributed by atoms with Crippen molar-refractivity contribution < 1.29 is 18.5 Å². The van der Waals surface area contributed by atoms with E-state index in [0.29, 0.717) is 40.9 Å². The molecule has 6 heteroatoms. The van der Waals surface area contributed by atoms with Gasteiger partial charge in [0.2, 0.25) is 0 Å². The van der Waals surface area contributed by atoms with Gasteiger partial charge in [0, 0.05) is 33.6 Å². The first kappa shape index (κ1) is 18.0. The average Bonchev–Trinajstić information content (AvgIpc) is 2.57. The molecular formula is C18H21NO4S. The highest BCUT2D eigenvalue weighted by Crippen LogP contribution is 2.30. The van der Waals surface area contributed by atoms with Crippen molar-refractivity contribution >= 4 is 22.4 Å². The SMILES string of the molecule is CCOc1ccc(OCC)c(NC(=O)c2ccc(S(C)=O)cc2)c1. The molecule has 0 bridgehead atoms. The highest BCUT2D eigenvalue weighted by atomic mass is 32.2. The van der Waals surface area contributed by atoms with Crippen LogP contribution in [0.1, 0.15) is 24.2 Å². The lowest BCUT2D eigenvalue weighted by molar-refractivity contribution is 0.102. The van der Waals surface area contributed by atoms with Crippen molar-refractivity contribution in [3.8, 4) is 11.5 Å². The first-order valence-corrected chi connectivity index (χ1v) is 9.25. The van der Waals surface area contributed by atoms with Gasteiger partial charge in [-0.3, -0.25) is 9.00 Å². The summed E-state index contributed by atoms with van der Waals surface area (Å²) >= 11 is 0. The number of hydrogen-bond donors (Lipinski definition) is 1. The zero-order chi connectivity index (χ0) is 17.5. The largest absolute Gasteiger partial charge is 0.494 e. The molecule has 24 heavy (non-hydrogen) atoms. The molecule has 2 aromatic carbocycles. The summed E-state index contributed by atoms with van der Waals surface area (Å²) in [5, 5.41) is 2.84. The van der Waals surface area contributed by atoms with Crippen LogP contribution in [0.3, 0.4) is 0 Å². The van der Waals surface area contributed by atoms with E-state index < -0.39 is 10.8 Å². The van der Waals surface area contributed by atoms with E-state index in [4.69, 9.17) is 9.47 Å². The topological polar surface area (TPSA) is 64.6 Å². The van der Waals surface area contributed by atoms with E-state index in [9.17, 15) is 9.00 Å². The summed E-state index contributed by atoms with van der Waals surface area (Å²) in [6.07, 6.45) is 1.60. The molecule has 0 spiro atoms. The second-order valence-electron chi connectivity index (χ2n) is 4.96. The number of anilines is 1. The molecular weight excluding hydrogens is 326 g/mol. The van der Waals surface area contributed by atoms with Crippen LogP contribution in [0.4, 0.5) is 5.69 Å². The monoisotopic (exact) mass is 347 g/mol. The van der Waals surface area contributed by atoms with Crippen LogP contribution < -0.4 is 14.8 Å². The Kier molecular flexibility index (Phi) is 6.37. The number of nitrogens with one attached hydrogen (secondary N) is 1. The van der Waals surface area contributed by atoms with Gasteiger partial charge in [-0.05, 0) is 50.2 Å². The number of hydrogen-bond acceptors (Lipinski definition) is 4. The second kappa shape index (κ2) is 8.49. The third kappa shape index (κ3) is 4.58. The standard InChI is InChI=1S/C18H21NO4S/c1-4-22-14-8-11-17(23-5-2)16(12-14)19-18(20)13-6-9-15(10-7-13)24(3)21/h6-12H,4-5H2,1-3H3,(H,19,20). The summed E-state index contributed by atoms with van der Waals surface area (Å²) < 4.78 is 22.4. The van der Waals surface area contributed by atoms with Gasteiger partial charge >= 0.3 is 0 Å². The van der Waals surface area contributed by atoms with E-state index in [-0.39, 0.29) is 5.91 Å². The van der Waals surface area contributed by atoms with Crippen molar-refractivity contribution in [2.75, 3.05) is 24.8 Å². The number of carbonyl (C=O) groups is 1. The van der Waals surface area contributed by atoms with Crippen molar-refractivity contribution in [2.24, 2.45) is 0 Å². The van der Waals surface area contributed by atoms with Crippen LogP contribution in [0.15, 0.2) is 47.4 Å². The molecule has 1 N–H and O–H groups in total. The van der Waals surface area contributed by atoms with Crippen molar-refractivity contribution in [2.45, 2.75) is 18.7 Å². The summed E-state index contributed by atoms with van der Waals surface area (Å²) in [6, 6.07) is 12.0. The van der Waals surface area contributed by atoms with Gasteiger partial charge in [0.25, 0.3) is 5.91 Å². The molecule has 0 fully saturated rings. The molecule has 0 radical (unpaired) electrons. The van der Waals surface area contributed by atoms with Gasteiger partial charge in [-0.1, -0.05) is 0 Å². The minimum absolute atomic E-state index is 0.266. The molecule has 0 saturated heterocycles. The van der Waals surface area contributed by atoms with E-state index in [1.165, 1.54) is 0 Å². The van der Waals surface area contributed by atoms with Gasteiger partial charge in [-0.25, -0.2) is 0 Å². The van der Waals surface area contributed by atoms with Crippen LogP contribution in [0.25, 0.3) is 0 Å². The highest BCUT2D eigenvalue weighted by Gasteiger charge is 2.12. The minimum atomic E-state index is -1.07. The van der Waals surface area contributed by atoms with Crippen LogP contribution in [0, 0.1) is 0 Å². The smallest absolute Gasteiger partial charge is 0.255 e. The van der Waals surface area contributed by atoms with Crippen molar-refractivity contribution in [1.82, 2.24) is 0 Å². The van der Waals surface area contributed by atoms with Gasteiger partial charge in [-0.2, -0.15) is 0 Å². The van der Waals surface area contributed by atoms with Crippen LogP contribution in [-0.4, -0.2) is 29.6 Å². The highest BCUT2D eigenvalue weighted by molar-refractivity contribution is 7.84. The molecule has 0 aliphatic carbocycles. The van der Waals surface area contributed by atoms with E-state index in [1.807, 2.05) is 13.8 Å². The summed E-state index contributed by atoms with van der Waals surface area (Å²) in [4.78, 5) is 13.1. The van der Waals surface area contributed by atoms with Crippen molar-refractivity contribution in [3.63, 3.8) is 0 Å². The average molecular weight is 347 g/mol. The Morgan fingerprint density at radius 2 is 1.71 bits per heavy atom. The molecule has 0 saturated carbocycles. The molecule has 128 valence electrons. The molecule has 0 heterocycles. The maximum Gasteiger partial charge on any atom is 0.255 e. The van der Waals surface area contributed by atoms with Gasteiger partial charge in [0.1, 0.15) is 11.5 Å². The fourth-order valence-corrected chi connectivity index (χ4v) is 2.66. The Labute approximate surface area is 144 Å². The van der Waals surface area contributed by atoms with E-state index in [0.717, 1.165) is 0 Å². The lowest BCUT2D eigenvalue weighted by Gasteiger charge is -2.13. The third-order valence-corrected chi connectivity index (χ3v) is 4.19. The Bertz CT molecular complexity index is 728. The molecule has 0 aliphatic heterocycles. The predicted molar refractivity (Wildman–Crippen MR) is 95.5 cm³/mol. The summed E-state index contributed by atoms with van der Waals surface area (Å²) in [6.45, 7) is 4.81. The predicted octanol–water partition coefficient (Wildman–Crippen LogP) is 3.47. The van der Waals surface area contributed by atoms with Gasteiger partial charge < -0.3 is 14.8 Å². The lowest BCUT2D eigenvalue weighted by Crippen LogP contribution is -2.13. The molecule has 2 rings (SSSR count). The summed E-state index contributed by atoms with van der Waals surface area (Å²) in [7, 11) is -1.07. The Balaban J connectivity index is 2.22. The number of rotatable bonds is 7. The summed E-state index contributed by atoms with van der Waals surface area (Å²) in [5.41, 5.74) is 1.03. The third-order valence-electron chi connectivity index (χ3n) is 3.26. The molecule has 0 aromatic heterocycles. The fraction of sp³-hybridized carbons (Fsp3) is 0.278. The molecule has 2 aromatic rings. The van der Waals surface area contributed by atoms with Gasteiger partial charge in [-0.15, -0.1) is 0 Å². The zero-order valence-electron chi connectivity index (χ0n) is 14.0. The Morgan fingerprint density at radius 1 is 1.04 bits per heavy atom. The van der Waals surface area contributed by atoms with E-state index in [2.05, 4.69) is 5.32 Å². The maximum atomic E-state index is 12.4. The van der Waals surface area contributed by atoms with Crippen molar-refractivity contribution in [1.29, 1.82) is 0 Å². The van der Waals surface area contributed by atoms with Crippen molar-refractivity contribution in [3.05, 3.63) is 48.0 Å². The first-order valence-electron chi connectivity index (χ1n) is 7.69. The number of amides is 1. The number of benzene rings is 2. The molecule has 1 unspecified atom stereocenters. The van der Waals surface area contributed by atoms with Gasteiger partial charge in [0.15, 0.2) is 0 Å². The van der Waals surface area contributed by atoms with Gasteiger partial charge in [0.05, 0.1) is 18.9 Å². The quantitative estimate of drug-likeness (QED) is 0.833. The van der Waals surface area contributed by atoms with E-state index in [1.54, 1.807) is 48.7 Å². The molecule has 1 amide bonds. The number of ether oxygens (including phenoxy) is 2. The van der Waals surface area contributed by atoms with Crippen LogP contribution >= 0.6 is 0 Å². The van der Waals surface area contributed by atoms with E-state index >= 15 is 0 Å². The first-order chi connectivity index (χ1) is 11.5. The zero-order valence-corrected chi connectivity index (χ0v) is 14.8. The maximum absolute atomic E-state index is 12.4. The van der Waals surface area contributed by atoms with Crippen LogP contribution in [0.5, 0.6) is 11.5 Å². The lowest BCUT2D eigenvalue weighted by atomic mass is 10.2.